The number of ether oxygens (including phenoxy) is 1. The molecule has 1 fully saturated rings. The first-order chi connectivity index (χ1) is 14.2. The lowest BCUT2D eigenvalue weighted by atomic mass is 9.98. The lowest BCUT2D eigenvalue weighted by Crippen LogP contribution is -2.34. The van der Waals surface area contributed by atoms with Crippen molar-refractivity contribution in [1.82, 2.24) is 10.3 Å². The summed E-state index contributed by atoms with van der Waals surface area (Å²) >= 11 is 1.45. The van der Waals surface area contributed by atoms with Crippen molar-refractivity contribution in [3.05, 3.63) is 45.9 Å². The van der Waals surface area contributed by atoms with Gasteiger partial charge in [0, 0.05) is 6.04 Å². The number of rotatable bonds is 5. The van der Waals surface area contributed by atoms with E-state index in [0.29, 0.717) is 6.61 Å². The zero-order chi connectivity index (χ0) is 20.3. The quantitative estimate of drug-likeness (QED) is 0.613. The number of para-hydroxylation sites is 1. The van der Waals surface area contributed by atoms with Crippen LogP contribution in [0.4, 0.5) is 0 Å². The van der Waals surface area contributed by atoms with Crippen molar-refractivity contribution in [2.24, 2.45) is 0 Å². The smallest absolute Gasteiger partial charge is 0.263 e. The first kappa shape index (κ1) is 21.8. The van der Waals surface area contributed by atoms with Gasteiger partial charge in [0.05, 0.1) is 5.69 Å². The van der Waals surface area contributed by atoms with Gasteiger partial charge >= 0.3 is 0 Å². The van der Waals surface area contributed by atoms with Crippen LogP contribution in [0.3, 0.4) is 0 Å². The summed E-state index contributed by atoms with van der Waals surface area (Å²) in [6.07, 6.45) is 14.0. The number of carbonyl (C=O) groups is 1. The van der Waals surface area contributed by atoms with Gasteiger partial charge in [-0.2, -0.15) is 0 Å². The maximum Gasteiger partial charge on any atom is 0.263 e. The van der Waals surface area contributed by atoms with Gasteiger partial charge in [0.1, 0.15) is 22.2 Å². The molecule has 1 aromatic carbocycles. The Balaban J connectivity index is 1.54. The Morgan fingerprint density at radius 3 is 2.21 bits per heavy atom. The Labute approximate surface area is 179 Å². The van der Waals surface area contributed by atoms with Crippen LogP contribution in [-0.2, 0) is 6.61 Å². The monoisotopic (exact) mass is 414 g/mol. The van der Waals surface area contributed by atoms with Gasteiger partial charge in [0.15, 0.2) is 0 Å². The summed E-state index contributed by atoms with van der Waals surface area (Å²) in [5.74, 6) is 0.850. The molecule has 158 valence electrons. The molecule has 1 amide bonds. The molecular formula is C24H34N2O2S. The molecule has 1 aliphatic rings. The first-order valence-corrected chi connectivity index (χ1v) is 12.0. The van der Waals surface area contributed by atoms with Gasteiger partial charge in [-0.05, 0) is 31.9 Å². The van der Waals surface area contributed by atoms with Crippen LogP contribution in [0, 0.1) is 6.92 Å². The number of carbonyl (C=O) groups excluding carboxylic acids is 1. The third kappa shape index (κ3) is 7.46. The predicted octanol–water partition coefficient (Wildman–Crippen LogP) is 6.43. The maximum atomic E-state index is 12.9. The first-order valence-electron chi connectivity index (χ1n) is 11.2. The Hall–Kier alpha value is -1.88. The second-order valence-electron chi connectivity index (χ2n) is 8.05. The number of aromatic nitrogens is 1. The summed E-state index contributed by atoms with van der Waals surface area (Å²) in [6, 6.07) is 10.0. The molecule has 1 aromatic heterocycles. The standard InChI is InChI=1S/C24H34N2O2S/c1-19-23(29-22(25-19)18-28-21-16-12-9-13-17-21)24(27)26-20-14-10-7-5-3-2-4-6-8-11-15-20/h9,12-13,16-17,20H,2-8,10-11,14-15,18H2,1H3,(H,26,27). The third-order valence-corrected chi connectivity index (χ3v) is 6.72. The summed E-state index contributed by atoms with van der Waals surface area (Å²) in [4.78, 5) is 18.2. The highest BCUT2D eigenvalue weighted by Gasteiger charge is 2.19. The Morgan fingerprint density at radius 2 is 1.59 bits per heavy atom. The van der Waals surface area contributed by atoms with Crippen molar-refractivity contribution >= 4 is 17.2 Å². The van der Waals surface area contributed by atoms with Crippen LogP contribution in [-0.4, -0.2) is 16.9 Å². The van der Waals surface area contributed by atoms with E-state index in [1.165, 1.54) is 69.1 Å². The molecule has 4 nitrogen and oxygen atoms in total. The van der Waals surface area contributed by atoms with E-state index in [4.69, 9.17) is 4.74 Å². The summed E-state index contributed by atoms with van der Waals surface area (Å²) in [6.45, 7) is 2.31. The lowest BCUT2D eigenvalue weighted by Gasteiger charge is -2.19. The molecular weight excluding hydrogens is 380 g/mol. The molecule has 29 heavy (non-hydrogen) atoms. The molecule has 1 heterocycles. The van der Waals surface area contributed by atoms with E-state index in [-0.39, 0.29) is 11.9 Å². The molecule has 0 spiro atoms. The number of hydrogen-bond donors (Lipinski definition) is 1. The van der Waals surface area contributed by atoms with E-state index in [9.17, 15) is 4.79 Å². The Kier molecular flexibility index (Phi) is 9.00. The van der Waals surface area contributed by atoms with Crippen molar-refractivity contribution in [3.63, 3.8) is 0 Å². The SMILES string of the molecule is Cc1nc(COc2ccccc2)sc1C(=O)NC1CCCCCCCCCCC1. The highest BCUT2D eigenvalue weighted by molar-refractivity contribution is 7.13. The van der Waals surface area contributed by atoms with Gasteiger partial charge < -0.3 is 10.1 Å². The zero-order valence-electron chi connectivity index (χ0n) is 17.6. The number of thiazole rings is 1. The molecule has 3 rings (SSSR count). The number of benzene rings is 1. The van der Waals surface area contributed by atoms with Crippen LogP contribution in [0.15, 0.2) is 30.3 Å². The van der Waals surface area contributed by atoms with Crippen LogP contribution in [0.5, 0.6) is 5.75 Å². The van der Waals surface area contributed by atoms with Gasteiger partial charge in [0.25, 0.3) is 5.91 Å². The highest BCUT2D eigenvalue weighted by Crippen LogP contribution is 2.22. The Bertz CT molecular complexity index is 733. The van der Waals surface area contributed by atoms with E-state index in [0.717, 1.165) is 34.2 Å². The molecule has 1 saturated carbocycles. The fourth-order valence-corrected chi connectivity index (χ4v) is 4.83. The number of aryl methyl sites for hydroxylation is 1. The summed E-state index contributed by atoms with van der Waals surface area (Å²) in [7, 11) is 0. The van der Waals surface area contributed by atoms with Crippen LogP contribution in [0.1, 0.15) is 91.0 Å². The summed E-state index contributed by atoms with van der Waals surface area (Å²) in [5, 5.41) is 4.15. The van der Waals surface area contributed by atoms with Crippen molar-refractivity contribution in [3.8, 4) is 5.75 Å². The number of hydrogen-bond acceptors (Lipinski definition) is 4. The minimum atomic E-state index is 0.0306. The van der Waals surface area contributed by atoms with Crippen molar-refractivity contribution in [1.29, 1.82) is 0 Å². The molecule has 0 aliphatic heterocycles. The Morgan fingerprint density at radius 1 is 1.00 bits per heavy atom. The average molecular weight is 415 g/mol. The number of nitrogens with zero attached hydrogens (tertiary/aromatic N) is 1. The molecule has 0 bridgehead atoms. The van der Waals surface area contributed by atoms with Crippen LogP contribution < -0.4 is 10.1 Å². The third-order valence-electron chi connectivity index (χ3n) is 5.59. The maximum absolute atomic E-state index is 12.9. The van der Waals surface area contributed by atoms with Gasteiger partial charge in [-0.25, -0.2) is 4.98 Å². The number of amides is 1. The van der Waals surface area contributed by atoms with Gasteiger partial charge in [-0.3, -0.25) is 4.79 Å². The molecule has 0 unspecified atom stereocenters. The molecule has 1 aliphatic carbocycles. The van der Waals surface area contributed by atoms with Crippen LogP contribution >= 0.6 is 11.3 Å². The fraction of sp³-hybridized carbons (Fsp3) is 0.583. The second kappa shape index (κ2) is 12.0. The van der Waals surface area contributed by atoms with Gasteiger partial charge in [-0.15, -0.1) is 11.3 Å². The topological polar surface area (TPSA) is 51.2 Å². The van der Waals surface area contributed by atoms with Crippen molar-refractivity contribution in [2.75, 3.05) is 0 Å². The van der Waals surface area contributed by atoms with Crippen LogP contribution in [0.2, 0.25) is 0 Å². The summed E-state index contributed by atoms with van der Waals surface area (Å²) < 4.78 is 5.78. The molecule has 0 atom stereocenters. The van der Waals surface area contributed by atoms with E-state index in [1.807, 2.05) is 37.3 Å². The second-order valence-corrected chi connectivity index (χ2v) is 9.14. The highest BCUT2D eigenvalue weighted by atomic mass is 32.1. The van der Waals surface area contributed by atoms with E-state index in [2.05, 4.69) is 10.3 Å². The van der Waals surface area contributed by atoms with Crippen molar-refractivity contribution < 1.29 is 9.53 Å². The van der Waals surface area contributed by atoms with Crippen LogP contribution in [0.25, 0.3) is 0 Å². The normalized spacial score (nSPS) is 17.1. The average Bonchev–Trinajstić information content (AvgIpc) is 3.10. The zero-order valence-corrected chi connectivity index (χ0v) is 18.4. The molecule has 2 aromatic rings. The van der Waals surface area contributed by atoms with Gasteiger partial charge in [-0.1, -0.05) is 76.0 Å². The number of nitrogens with one attached hydrogen (secondary N) is 1. The minimum absolute atomic E-state index is 0.0306. The largest absolute Gasteiger partial charge is 0.486 e. The fourth-order valence-electron chi connectivity index (χ4n) is 3.95. The van der Waals surface area contributed by atoms with E-state index in [1.54, 1.807) is 0 Å². The minimum Gasteiger partial charge on any atom is -0.486 e. The van der Waals surface area contributed by atoms with E-state index >= 15 is 0 Å². The summed E-state index contributed by atoms with van der Waals surface area (Å²) in [5.41, 5.74) is 0.798. The van der Waals surface area contributed by atoms with Crippen molar-refractivity contribution in [2.45, 2.75) is 90.2 Å². The lowest BCUT2D eigenvalue weighted by molar-refractivity contribution is 0.0934. The van der Waals surface area contributed by atoms with Gasteiger partial charge in [0.2, 0.25) is 0 Å². The molecule has 1 N–H and O–H groups in total. The van der Waals surface area contributed by atoms with E-state index < -0.39 is 0 Å². The predicted molar refractivity (Wildman–Crippen MR) is 120 cm³/mol. The molecule has 5 heteroatoms. The molecule has 0 radical (unpaired) electrons. The molecule has 0 saturated heterocycles.